The van der Waals surface area contributed by atoms with Crippen molar-refractivity contribution in [1.29, 1.82) is 0 Å². The molecule has 0 saturated carbocycles. The lowest BCUT2D eigenvalue weighted by atomic mass is 10.1. The molecule has 1 aromatic carbocycles. The molecule has 100 valence electrons. The van der Waals surface area contributed by atoms with Crippen LogP contribution in [0, 0.1) is 11.6 Å². The van der Waals surface area contributed by atoms with Gasteiger partial charge in [0.1, 0.15) is 6.04 Å². The van der Waals surface area contributed by atoms with Gasteiger partial charge in [-0.2, -0.15) is 0 Å². The normalized spacial score (nSPS) is 12.3. The molecule has 0 spiro atoms. The van der Waals surface area contributed by atoms with Crippen LogP contribution >= 0.6 is 11.3 Å². The first-order chi connectivity index (χ1) is 9.08. The van der Waals surface area contributed by atoms with Gasteiger partial charge >= 0.3 is 0 Å². The van der Waals surface area contributed by atoms with E-state index in [9.17, 15) is 13.6 Å². The van der Waals surface area contributed by atoms with Crippen molar-refractivity contribution in [2.24, 2.45) is 5.73 Å². The van der Waals surface area contributed by atoms with E-state index in [0.717, 1.165) is 17.0 Å². The van der Waals surface area contributed by atoms with E-state index < -0.39 is 23.6 Å². The average Bonchev–Trinajstić information content (AvgIpc) is 2.86. The fraction of sp³-hybridized carbons (Fsp3) is 0.154. The Labute approximate surface area is 113 Å². The van der Waals surface area contributed by atoms with Crippen molar-refractivity contribution in [2.75, 3.05) is 0 Å². The molecular weight excluding hydrogens is 270 g/mol. The standard InChI is InChI=1S/C13H12F2N2OS/c14-10-4-3-8(6-11(10)15)12(13(16)18)17-7-9-2-1-5-19-9/h1-6,12,17H,7H2,(H2,16,18). The minimum absolute atomic E-state index is 0.308. The first kappa shape index (κ1) is 13.6. The van der Waals surface area contributed by atoms with Crippen molar-refractivity contribution in [3.8, 4) is 0 Å². The summed E-state index contributed by atoms with van der Waals surface area (Å²) >= 11 is 1.53. The molecule has 1 atom stereocenters. The maximum Gasteiger partial charge on any atom is 0.239 e. The van der Waals surface area contributed by atoms with Crippen LogP contribution in [-0.2, 0) is 11.3 Å². The topological polar surface area (TPSA) is 55.1 Å². The zero-order valence-electron chi connectivity index (χ0n) is 9.90. The molecule has 0 bridgehead atoms. The van der Waals surface area contributed by atoms with Crippen LogP contribution in [-0.4, -0.2) is 5.91 Å². The quantitative estimate of drug-likeness (QED) is 0.884. The monoisotopic (exact) mass is 282 g/mol. The second-order valence-electron chi connectivity index (χ2n) is 3.97. The number of benzene rings is 1. The van der Waals surface area contributed by atoms with Crippen LogP contribution in [0.3, 0.4) is 0 Å². The number of thiophene rings is 1. The van der Waals surface area contributed by atoms with Crippen LogP contribution in [0.2, 0.25) is 0 Å². The van der Waals surface area contributed by atoms with Gasteiger partial charge in [-0.3, -0.25) is 10.1 Å². The molecule has 0 aliphatic carbocycles. The number of hydrogen-bond donors (Lipinski definition) is 2. The average molecular weight is 282 g/mol. The maximum atomic E-state index is 13.2. The summed E-state index contributed by atoms with van der Waals surface area (Å²) in [5.41, 5.74) is 5.59. The molecule has 2 rings (SSSR count). The molecule has 0 radical (unpaired) electrons. The fourth-order valence-corrected chi connectivity index (χ4v) is 2.35. The highest BCUT2D eigenvalue weighted by molar-refractivity contribution is 7.09. The number of halogens is 2. The van der Waals surface area contributed by atoms with E-state index in [1.807, 2.05) is 17.5 Å². The van der Waals surface area contributed by atoms with Crippen molar-refractivity contribution >= 4 is 17.2 Å². The summed E-state index contributed by atoms with van der Waals surface area (Å²) in [6.07, 6.45) is 0. The van der Waals surface area contributed by atoms with Gasteiger partial charge in [0.2, 0.25) is 5.91 Å². The minimum atomic E-state index is -0.998. The summed E-state index contributed by atoms with van der Waals surface area (Å²) in [6, 6.07) is 6.24. The number of carbonyl (C=O) groups excluding carboxylic acids is 1. The Kier molecular flexibility index (Phi) is 4.24. The highest BCUT2D eigenvalue weighted by atomic mass is 32.1. The predicted molar refractivity (Wildman–Crippen MR) is 69.5 cm³/mol. The highest BCUT2D eigenvalue weighted by Gasteiger charge is 2.18. The van der Waals surface area contributed by atoms with E-state index in [1.54, 1.807) is 0 Å². The van der Waals surface area contributed by atoms with Crippen LogP contribution in [0.15, 0.2) is 35.7 Å². The van der Waals surface area contributed by atoms with E-state index in [1.165, 1.54) is 17.4 Å². The summed E-state index contributed by atoms with van der Waals surface area (Å²) in [5.74, 6) is -2.59. The Morgan fingerprint density at radius 3 is 2.68 bits per heavy atom. The van der Waals surface area contributed by atoms with E-state index in [4.69, 9.17) is 5.73 Å². The second kappa shape index (κ2) is 5.90. The molecule has 0 saturated heterocycles. The third kappa shape index (κ3) is 3.36. The molecule has 0 fully saturated rings. The highest BCUT2D eigenvalue weighted by Crippen LogP contribution is 2.18. The minimum Gasteiger partial charge on any atom is -0.368 e. The smallest absolute Gasteiger partial charge is 0.239 e. The number of rotatable bonds is 5. The zero-order chi connectivity index (χ0) is 13.8. The van der Waals surface area contributed by atoms with Crippen LogP contribution < -0.4 is 11.1 Å². The van der Waals surface area contributed by atoms with E-state index in [2.05, 4.69) is 5.32 Å². The Bertz CT molecular complexity index is 572. The van der Waals surface area contributed by atoms with Crippen LogP contribution in [0.5, 0.6) is 0 Å². The summed E-state index contributed by atoms with van der Waals surface area (Å²) in [7, 11) is 0. The molecule has 1 amide bonds. The lowest BCUT2D eigenvalue weighted by Crippen LogP contribution is -2.33. The molecule has 0 aliphatic rings. The van der Waals surface area contributed by atoms with Gasteiger partial charge in [-0.15, -0.1) is 11.3 Å². The Balaban J connectivity index is 2.15. The van der Waals surface area contributed by atoms with Gasteiger partial charge < -0.3 is 5.73 Å². The molecule has 0 aliphatic heterocycles. The van der Waals surface area contributed by atoms with E-state index in [0.29, 0.717) is 12.1 Å². The first-order valence-electron chi connectivity index (χ1n) is 5.58. The summed E-state index contributed by atoms with van der Waals surface area (Å²) in [4.78, 5) is 12.4. The number of nitrogens with one attached hydrogen (secondary N) is 1. The Hall–Kier alpha value is -1.79. The van der Waals surface area contributed by atoms with Crippen LogP contribution in [0.1, 0.15) is 16.5 Å². The molecule has 2 aromatic rings. The summed E-state index contributed by atoms with van der Waals surface area (Å²) < 4.78 is 26.0. The van der Waals surface area contributed by atoms with Crippen LogP contribution in [0.4, 0.5) is 8.78 Å². The summed E-state index contributed by atoms with van der Waals surface area (Å²) in [5, 5.41) is 4.84. The van der Waals surface area contributed by atoms with Crippen LogP contribution in [0.25, 0.3) is 0 Å². The molecule has 1 heterocycles. The predicted octanol–water partition coefficient (Wildman–Crippen LogP) is 2.34. The van der Waals surface area contributed by atoms with Gasteiger partial charge in [-0.25, -0.2) is 8.78 Å². The number of carbonyl (C=O) groups is 1. The molecule has 3 N–H and O–H groups in total. The lowest BCUT2D eigenvalue weighted by molar-refractivity contribution is -0.120. The second-order valence-corrected chi connectivity index (χ2v) is 5.00. The maximum absolute atomic E-state index is 13.2. The number of amides is 1. The molecule has 19 heavy (non-hydrogen) atoms. The van der Waals surface area contributed by atoms with Crippen molar-refractivity contribution in [1.82, 2.24) is 5.32 Å². The lowest BCUT2D eigenvalue weighted by Gasteiger charge is -2.15. The van der Waals surface area contributed by atoms with Gasteiger partial charge in [0.15, 0.2) is 11.6 Å². The molecular formula is C13H12F2N2OS. The fourth-order valence-electron chi connectivity index (χ4n) is 1.69. The molecule has 6 heteroatoms. The third-order valence-electron chi connectivity index (χ3n) is 2.62. The zero-order valence-corrected chi connectivity index (χ0v) is 10.7. The Morgan fingerprint density at radius 1 is 1.32 bits per heavy atom. The SMILES string of the molecule is NC(=O)C(NCc1cccs1)c1ccc(F)c(F)c1. The van der Waals surface area contributed by atoms with Crippen molar-refractivity contribution < 1.29 is 13.6 Å². The number of primary amides is 1. The van der Waals surface area contributed by atoms with Crippen molar-refractivity contribution in [3.05, 3.63) is 57.8 Å². The number of nitrogens with two attached hydrogens (primary N) is 1. The van der Waals surface area contributed by atoms with Gasteiger partial charge in [-0.1, -0.05) is 12.1 Å². The summed E-state index contributed by atoms with van der Waals surface area (Å²) in [6.45, 7) is 0.435. The van der Waals surface area contributed by atoms with Gasteiger partial charge in [0, 0.05) is 11.4 Å². The van der Waals surface area contributed by atoms with Gasteiger partial charge in [0.05, 0.1) is 0 Å². The van der Waals surface area contributed by atoms with Crippen molar-refractivity contribution in [3.63, 3.8) is 0 Å². The van der Waals surface area contributed by atoms with Crippen molar-refractivity contribution in [2.45, 2.75) is 12.6 Å². The van der Waals surface area contributed by atoms with Gasteiger partial charge in [-0.05, 0) is 29.1 Å². The first-order valence-corrected chi connectivity index (χ1v) is 6.46. The number of hydrogen-bond acceptors (Lipinski definition) is 3. The largest absolute Gasteiger partial charge is 0.368 e. The molecule has 3 nitrogen and oxygen atoms in total. The van der Waals surface area contributed by atoms with E-state index in [-0.39, 0.29) is 0 Å². The third-order valence-corrected chi connectivity index (χ3v) is 3.50. The molecule has 1 unspecified atom stereocenters. The van der Waals surface area contributed by atoms with Gasteiger partial charge in [0.25, 0.3) is 0 Å². The van der Waals surface area contributed by atoms with E-state index >= 15 is 0 Å². The molecule has 1 aromatic heterocycles. The Morgan fingerprint density at radius 2 is 2.11 bits per heavy atom.